The maximum Gasteiger partial charge on any atom is 0.222 e. The lowest BCUT2D eigenvalue weighted by Gasteiger charge is -2.16. The molecule has 1 atom stereocenters. The number of nitrogens with one attached hydrogen (secondary N) is 1. The van der Waals surface area contributed by atoms with Crippen molar-refractivity contribution in [2.75, 3.05) is 20.1 Å². The molecule has 1 aliphatic rings. The van der Waals surface area contributed by atoms with Crippen molar-refractivity contribution in [1.29, 1.82) is 0 Å². The van der Waals surface area contributed by atoms with Gasteiger partial charge in [-0.2, -0.15) is 0 Å². The van der Waals surface area contributed by atoms with E-state index in [1.807, 2.05) is 7.05 Å². The van der Waals surface area contributed by atoms with Crippen LogP contribution in [0.3, 0.4) is 0 Å². The van der Waals surface area contributed by atoms with Crippen LogP contribution in [0.5, 0.6) is 0 Å². The molecule has 0 saturated carbocycles. The summed E-state index contributed by atoms with van der Waals surface area (Å²) in [5, 5.41) is 7.11. The Balaban J connectivity index is 1.71. The quantitative estimate of drug-likeness (QED) is 0.830. The number of aromatic nitrogens is 1. The van der Waals surface area contributed by atoms with E-state index in [2.05, 4.69) is 10.5 Å². The molecule has 5 nitrogen and oxygen atoms in total. The van der Waals surface area contributed by atoms with Crippen LogP contribution < -0.4 is 5.32 Å². The van der Waals surface area contributed by atoms with Gasteiger partial charge in [-0.25, -0.2) is 0 Å². The number of carbonyl (C=O) groups excluding carboxylic acids is 1. The van der Waals surface area contributed by atoms with Gasteiger partial charge in [0, 0.05) is 19.5 Å². The van der Waals surface area contributed by atoms with Crippen LogP contribution in [0, 0.1) is 5.92 Å². The summed E-state index contributed by atoms with van der Waals surface area (Å²) < 4.78 is 4.74. The average Bonchev–Trinajstić information content (AvgIpc) is 2.98. The summed E-state index contributed by atoms with van der Waals surface area (Å²) in [6.07, 6.45) is 4.33. The van der Waals surface area contributed by atoms with Crippen LogP contribution in [-0.2, 0) is 11.3 Å². The Hall–Kier alpha value is -1.36. The Labute approximate surface area is 101 Å². The first-order valence-corrected chi connectivity index (χ1v) is 6.09. The predicted molar refractivity (Wildman–Crippen MR) is 63.2 cm³/mol. The van der Waals surface area contributed by atoms with Crippen LogP contribution >= 0.6 is 0 Å². The van der Waals surface area contributed by atoms with Crippen molar-refractivity contribution in [2.24, 2.45) is 5.92 Å². The van der Waals surface area contributed by atoms with Crippen molar-refractivity contribution in [1.82, 2.24) is 15.4 Å². The Kier molecular flexibility index (Phi) is 4.14. The van der Waals surface area contributed by atoms with Gasteiger partial charge < -0.3 is 14.7 Å². The van der Waals surface area contributed by atoms with Gasteiger partial charge in [0.1, 0.15) is 12.0 Å². The van der Waals surface area contributed by atoms with Crippen LogP contribution in [0.15, 0.2) is 16.9 Å². The zero-order valence-electron chi connectivity index (χ0n) is 10.2. The van der Waals surface area contributed by atoms with E-state index in [9.17, 15) is 4.79 Å². The molecular formula is C12H19N3O2. The lowest BCUT2D eigenvalue weighted by atomic mass is 10.0. The van der Waals surface area contributed by atoms with Crippen LogP contribution in [0.4, 0.5) is 0 Å². The standard InChI is InChI=1S/C12H19N3O2/c1-15(9-11-5-7-17-14-11)12(16)3-2-10-4-6-13-8-10/h5,7,10,13H,2-4,6,8-9H2,1H3. The second kappa shape index (κ2) is 5.82. The summed E-state index contributed by atoms with van der Waals surface area (Å²) in [5.74, 6) is 0.847. The molecule has 0 aliphatic carbocycles. The smallest absolute Gasteiger partial charge is 0.222 e. The Morgan fingerprint density at radius 1 is 1.71 bits per heavy atom. The zero-order valence-corrected chi connectivity index (χ0v) is 10.2. The van der Waals surface area contributed by atoms with E-state index in [0.29, 0.717) is 18.9 Å². The molecule has 0 aromatic carbocycles. The highest BCUT2D eigenvalue weighted by Crippen LogP contribution is 2.15. The van der Waals surface area contributed by atoms with Crippen molar-refractivity contribution in [3.05, 3.63) is 18.0 Å². The molecule has 0 bridgehead atoms. The molecule has 2 rings (SSSR count). The number of carbonyl (C=O) groups is 1. The SMILES string of the molecule is CN(Cc1ccon1)C(=O)CCC1CCNC1. The topological polar surface area (TPSA) is 58.4 Å². The molecule has 1 N–H and O–H groups in total. The van der Waals surface area contributed by atoms with Gasteiger partial charge in [0.15, 0.2) is 0 Å². The number of hydrogen-bond acceptors (Lipinski definition) is 4. The van der Waals surface area contributed by atoms with E-state index in [-0.39, 0.29) is 5.91 Å². The van der Waals surface area contributed by atoms with Crippen LogP contribution in [-0.4, -0.2) is 36.1 Å². The summed E-state index contributed by atoms with van der Waals surface area (Å²) in [5.41, 5.74) is 0.795. The average molecular weight is 237 g/mol. The van der Waals surface area contributed by atoms with E-state index in [0.717, 1.165) is 25.2 Å². The Morgan fingerprint density at radius 2 is 2.59 bits per heavy atom. The number of amides is 1. The minimum absolute atomic E-state index is 0.180. The van der Waals surface area contributed by atoms with Gasteiger partial charge in [0.05, 0.1) is 6.54 Å². The molecule has 1 fully saturated rings. The third-order valence-electron chi connectivity index (χ3n) is 3.24. The van der Waals surface area contributed by atoms with Gasteiger partial charge in [-0.05, 0) is 31.8 Å². The fourth-order valence-electron chi connectivity index (χ4n) is 2.13. The maximum absolute atomic E-state index is 11.9. The summed E-state index contributed by atoms with van der Waals surface area (Å²) in [6, 6.07) is 1.78. The Bertz CT molecular complexity index is 345. The van der Waals surface area contributed by atoms with Crippen LogP contribution in [0.1, 0.15) is 25.0 Å². The molecule has 2 heterocycles. The summed E-state index contributed by atoms with van der Waals surface area (Å²) in [4.78, 5) is 13.6. The molecule has 0 spiro atoms. The molecule has 1 aromatic heterocycles. The monoisotopic (exact) mass is 237 g/mol. The van der Waals surface area contributed by atoms with Gasteiger partial charge in [0.2, 0.25) is 5.91 Å². The fourth-order valence-corrected chi connectivity index (χ4v) is 2.13. The van der Waals surface area contributed by atoms with E-state index in [1.165, 1.54) is 12.7 Å². The largest absolute Gasteiger partial charge is 0.364 e. The van der Waals surface area contributed by atoms with Crippen molar-refractivity contribution in [2.45, 2.75) is 25.8 Å². The first-order valence-electron chi connectivity index (χ1n) is 6.09. The van der Waals surface area contributed by atoms with Gasteiger partial charge in [-0.3, -0.25) is 4.79 Å². The lowest BCUT2D eigenvalue weighted by Crippen LogP contribution is -2.26. The molecule has 1 amide bonds. The highest BCUT2D eigenvalue weighted by atomic mass is 16.5. The molecule has 0 radical (unpaired) electrons. The second-order valence-electron chi connectivity index (χ2n) is 4.64. The number of rotatable bonds is 5. The van der Waals surface area contributed by atoms with Gasteiger partial charge in [-0.1, -0.05) is 5.16 Å². The molecule has 5 heteroatoms. The van der Waals surface area contributed by atoms with Gasteiger partial charge >= 0.3 is 0 Å². The molecular weight excluding hydrogens is 218 g/mol. The molecule has 1 aromatic rings. The highest BCUT2D eigenvalue weighted by Gasteiger charge is 2.17. The van der Waals surface area contributed by atoms with Crippen LogP contribution in [0.25, 0.3) is 0 Å². The van der Waals surface area contributed by atoms with E-state index in [4.69, 9.17) is 4.52 Å². The molecule has 17 heavy (non-hydrogen) atoms. The van der Waals surface area contributed by atoms with Crippen molar-refractivity contribution < 1.29 is 9.32 Å². The third kappa shape index (κ3) is 3.56. The van der Waals surface area contributed by atoms with Crippen molar-refractivity contribution in [3.63, 3.8) is 0 Å². The van der Waals surface area contributed by atoms with Gasteiger partial charge in [0.25, 0.3) is 0 Å². The van der Waals surface area contributed by atoms with E-state index < -0.39 is 0 Å². The van der Waals surface area contributed by atoms with E-state index in [1.54, 1.807) is 11.0 Å². The van der Waals surface area contributed by atoms with Crippen molar-refractivity contribution in [3.8, 4) is 0 Å². The predicted octanol–water partition coefficient (Wildman–Crippen LogP) is 1.02. The molecule has 1 saturated heterocycles. The van der Waals surface area contributed by atoms with E-state index >= 15 is 0 Å². The summed E-state index contributed by atoms with van der Waals surface area (Å²) in [7, 11) is 1.81. The summed E-state index contributed by atoms with van der Waals surface area (Å²) in [6.45, 7) is 2.67. The first-order chi connectivity index (χ1) is 8.25. The number of hydrogen-bond donors (Lipinski definition) is 1. The normalized spacial score (nSPS) is 19.5. The first kappa shape index (κ1) is 12.1. The Morgan fingerprint density at radius 3 is 3.24 bits per heavy atom. The fraction of sp³-hybridized carbons (Fsp3) is 0.667. The molecule has 94 valence electrons. The third-order valence-corrected chi connectivity index (χ3v) is 3.24. The zero-order chi connectivity index (χ0) is 12.1. The minimum Gasteiger partial charge on any atom is -0.364 e. The summed E-state index contributed by atoms with van der Waals surface area (Å²) >= 11 is 0. The lowest BCUT2D eigenvalue weighted by molar-refractivity contribution is -0.130. The van der Waals surface area contributed by atoms with Gasteiger partial charge in [-0.15, -0.1) is 0 Å². The van der Waals surface area contributed by atoms with Crippen LogP contribution in [0.2, 0.25) is 0 Å². The highest BCUT2D eigenvalue weighted by molar-refractivity contribution is 5.75. The maximum atomic E-state index is 11.9. The molecule has 1 unspecified atom stereocenters. The number of nitrogens with zero attached hydrogens (tertiary/aromatic N) is 2. The second-order valence-corrected chi connectivity index (χ2v) is 4.64. The molecule has 1 aliphatic heterocycles. The minimum atomic E-state index is 0.180. The van der Waals surface area contributed by atoms with Crippen molar-refractivity contribution >= 4 is 5.91 Å².